The van der Waals surface area contributed by atoms with Crippen molar-refractivity contribution in [3.63, 3.8) is 0 Å². The van der Waals surface area contributed by atoms with Crippen LogP contribution in [0.2, 0.25) is 0 Å². The molecular weight excluding hydrogens is 244 g/mol. The molecule has 1 heterocycles. The minimum absolute atomic E-state index is 0.0139. The lowest BCUT2D eigenvalue weighted by Crippen LogP contribution is -2.20. The van der Waals surface area contributed by atoms with Crippen LogP contribution in [0.5, 0.6) is 0 Å². The van der Waals surface area contributed by atoms with Gasteiger partial charge in [0.2, 0.25) is 0 Å². The first kappa shape index (κ1) is 9.40. The van der Waals surface area contributed by atoms with E-state index >= 15 is 0 Å². The lowest BCUT2D eigenvalue weighted by Gasteiger charge is -2.05. The molecule has 2 rings (SSSR count). The number of nitrogens with zero attached hydrogens (tertiary/aromatic N) is 2. The van der Waals surface area contributed by atoms with E-state index in [1.165, 1.54) is 0 Å². The van der Waals surface area contributed by atoms with Crippen LogP contribution < -0.4 is 5.56 Å². The molecule has 0 amide bonds. The number of hydrogen-bond donors (Lipinski definition) is 0. The maximum Gasteiger partial charge on any atom is 0.262 e. The third-order valence-electron chi connectivity index (χ3n) is 2.28. The second kappa shape index (κ2) is 3.20. The van der Waals surface area contributed by atoms with Gasteiger partial charge in [0, 0.05) is 11.5 Å². The van der Waals surface area contributed by atoms with Crippen molar-refractivity contribution in [2.24, 2.45) is 7.05 Å². The van der Waals surface area contributed by atoms with Gasteiger partial charge < -0.3 is 0 Å². The Morgan fingerprint density at radius 2 is 2.14 bits per heavy atom. The quantitative estimate of drug-likeness (QED) is 0.719. The lowest BCUT2D eigenvalue weighted by atomic mass is 10.2. The standard InChI is InChI=1S/C10H9BrN2O/c1-6-12-8-5-3-4-7(11)9(8)10(14)13(6)2/h3-5H,1-2H3. The van der Waals surface area contributed by atoms with Crippen LogP contribution in [0.4, 0.5) is 0 Å². The van der Waals surface area contributed by atoms with Crippen LogP contribution in [0.15, 0.2) is 27.5 Å². The summed E-state index contributed by atoms with van der Waals surface area (Å²) in [6.45, 7) is 1.82. The summed E-state index contributed by atoms with van der Waals surface area (Å²) < 4.78 is 2.34. The first-order valence-electron chi connectivity index (χ1n) is 4.23. The second-order valence-corrected chi connectivity index (χ2v) is 4.01. The first-order chi connectivity index (χ1) is 6.61. The minimum atomic E-state index is -0.0139. The van der Waals surface area contributed by atoms with Gasteiger partial charge in [-0.05, 0) is 35.0 Å². The summed E-state index contributed by atoms with van der Waals surface area (Å²) in [6, 6.07) is 5.56. The molecule has 3 nitrogen and oxygen atoms in total. The van der Waals surface area contributed by atoms with Crippen LogP contribution in [-0.4, -0.2) is 9.55 Å². The Morgan fingerprint density at radius 1 is 1.43 bits per heavy atom. The largest absolute Gasteiger partial charge is 0.299 e. The van der Waals surface area contributed by atoms with Gasteiger partial charge >= 0.3 is 0 Å². The van der Waals surface area contributed by atoms with Crippen LogP contribution in [0.1, 0.15) is 5.82 Å². The maximum atomic E-state index is 11.9. The first-order valence-corrected chi connectivity index (χ1v) is 5.02. The summed E-state index contributed by atoms with van der Waals surface area (Å²) in [7, 11) is 1.73. The van der Waals surface area contributed by atoms with Crippen LogP contribution in [-0.2, 0) is 7.05 Å². The zero-order valence-corrected chi connectivity index (χ0v) is 9.50. The highest BCUT2D eigenvalue weighted by molar-refractivity contribution is 9.10. The predicted molar refractivity (Wildman–Crippen MR) is 59.4 cm³/mol. The van der Waals surface area contributed by atoms with Gasteiger partial charge in [0.1, 0.15) is 5.82 Å². The lowest BCUT2D eigenvalue weighted by molar-refractivity contribution is 0.792. The number of halogens is 1. The Labute approximate surface area is 89.5 Å². The van der Waals surface area contributed by atoms with Crippen molar-refractivity contribution >= 4 is 26.8 Å². The number of hydrogen-bond acceptors (Lipinski definition) is 2. The van der Waals surface area contributed by atoms with Crippen LogP contribution >= 0.6 is 15.9 Å². The Bertz CT molecular complexity index is 560. The van der Waals surface area contributed by atoms with E-state index in [0.717, 1.165) is 15.8 Å². The molecule has 0 fully saturated rings. The van der Waals surface area contributed by atoms with E-state index in [2.05, 4.69) is 20.9 Å². The van der Waals surface area contributed by atoms with Gasteiger partial charge in [-0.2, -0.15) is 0 Å². The zero-order valence-electron chi connectivity index (χ0n) is 7.91. The van der Waals surface area contributed by atoms with Gasteiger partial charge in [-0.15, -0.1) is 0 Å². The highest BCUT2D eigenvalue weighted by Crippen LogP contribution is 2.18. The van der Waals surface area contributed by atoms with Crippen LogP contribution in [0.25, 0.3) is 10.9 Å². The summed E-state index contributed by atoms with van der Waals surface area (Å²) in [5, 5.41) is 0.639. The van der Waals surface area contributed by atoms with Gasteiger partial charge in [0.05, 0.1) is 10.9 Å². The van der Waals surface area contributed by atoms with E-state index in [-0.39, 0.29) is 5.56 Å². The molecule has 0 atom stereocenters. The normalized spacial score (nSPS) is 10.8. The van der Waals surface area contributed by atoms with Gasteiger partial charge in [-0.25, -0.2) is 4.98 Å². The van der Waals surface area contributed by atoms with Crippen molar-refractivity contribution in [2.75, 3.05) is 0 Å². The molecule has 0 radical (unpaired) electrons. The monoisotopic (exact) mass is 252 g/mol. The van der Waals surface area contributed by atoms with E-state index in [4.69, 9.17) is 0 Å². The Kier molecular flexibility index (Phi) is 2.15. The maximum absolute atomic E-state index is 11.9. The molecule has 0 saturated heterocycles. The van der Waals surface area contributed by atoms with Crippen LogP contribution in [0.3, 0.4) is 0 Å². The number of aryl methyl sites for hydroxylation is 1. The molecular formula is C10H9BrN2O. The molecule has 1 aromatic heterocycles. The smallest absolute Gasteiger partial charge is 0.262 e. The highest BCUT2D eigenvalue weighted by Gasteiger charge is 2.07. The Balaban J connectivity index is 3.07. The van der Waals surface area contributed by atoms with Crippen molar-refractivity contribution in [1.29, 1.82) is 0 Å². The number of rotatable bonds is 0. The van der Waals surface area contributed by atoms with Gasteiger partial charge in [0.15, 0.2) is 0 Å². The van der Waals surface area contributed by atoms with E-state index < -0.39 is 0 Å². The predicted octanol–water partition coefficient (Wildman–Crippen LogP) is 2.00. The second-order valence-electron chi connectivity index (χ2n) is 3.16. The summed E-state index contributed by atoms with van der Waals surface area (Å²) in [4.78, 5) is 16.2. The molecule has 14 heavy (non-hydrogen) atoms. The Hall–Kier alpha value is -1.16. The minimum Gasteiger partial charge on any atom is -0.299 e. The summed E-state index contributed by atoms with van der Waals surface area (Å²) in [6.07, 6.45) is 0. The number of benzene rings is 1. The molecule has 0 bridgehead atoms. The fraction of sp³-hybridized carbons (Fsp3) is 0.200. The number of aromatic nitrogens is 2. The van der Waals surface area contributed by atoms with E-state index in [9.17, 15) is 4.79 Å². The molecule has 0 spiro atoms. The van der Waals surface area contributed by atoms with E-state index in [1.807, 2.05) is 25.1 Å². The molecule has 1 aromatic carbocycles. The summed E-state index contributed by atoms with van der Waals surface area (Å²) in [5.74, 6) is 0.723. The molecule has 4 heteroatoms. The van der Waals surface area contributed by atoms with Crippen molar-refractivity contribution in [2.45, 2.75) is 6.92 Å². The Morgan fingerprint density at radius 3 is 2.86 bits per heavy atom. The van der Waals surface area contributed by atoms with Crippen molar-refractivity contribution in [3.05, 3.63) is 38.9 Å². The van der Waals surface area contributed by atoms with Crippen molar-refractivity contribution in [1.82, 2.24) is 9.55 Å². The third-order valence-corrected chi connectivity index (χ3v) is 2.94. The zero-order chi connectivity index (χ0) is 10.3. The molecule has 0 unspecified atom stereocenters. The topological polar surface area (TPSA) is 34.9 Å². The SMILES string of the molecule is Cc1nc2cccc(Br)c2c(=O)n1C. The van der Waals surface area contributed by atoms with Gasteiger partial charge in [0.25, 0.3) is 5.56 Å². The van der Waals surface area contributed by atoms with E-state index in [1.54, 1.807) is 11.6 Å². The van der Waals surface area contributed by atoms with Gasteiger partial charge in [-0.1, -0.05) is 6.07 Å². The number of fused-ring (bicyclic) bond motifs is 1. The summed E-state index contributed by atoms with van der Waals surface area (Å²) in [5.41, 5.74) is 0.722. The highest BCUT2D eigenvalue weighted by atomic mass is 79.9. The molecule has 0 aliphatic carbocycles. The van der Waals surface area contributed by atoms with Gasteiger partial charge in [-0.3, -0.25) is 9.36 Å². The third kappa shape index (κ3) is 1.26. The fourth-order valence-corrected chi connectivity index (χ4v) is 1.91. The molecule has 0 aliphatic heterocycles. The molecule has 0 saturated carbocycles. The molecule has 0 N–H and O–H groups in total. The molecule has 2 aromatic rings. The average Bonchev–Trinajstić information content (AvgIpc) is 2.14. The van der Waals surface area contributed by atoms with Crippen molar-refractivity contribution < 1.29 is 0 Å². The van der Waals surface area contributed by atoms with Crippen LogP contribution in [0, 0.1) is 6.92 Å². The van der Waals surface area contributed by atoms with E-state index in [0.29, 0.717) is 5.39 Å². The molecule has 72 valence electrons. The summed E-state index contributed by atoms with van der Waals surface area (Å²) >= 11 is 3.35. The fourth-order valence-electron chi connectivity index (χ4n) is 1.38. The van der Waals surface area contributed by atoms with Crippen molar-refractivity contribution in [3.8, 4) is 0 Å². The molecule has 0 aliphatic rings. The average molecular weight is 253 g/mol.